The molecule has 364 valence electrons. The molecule has 0 saturated heterocycles. The fourth-order valence-corrected chi connectivity index (χ4v) is 13.8. The van der Waals surface area contributed by atoms with Gasteiger partial charge in [0.25, 0.3) is 0 Å². The van der Waals surface area contributed by atoms with E-state index < -0.39 is 5.41 Å². The monoisotopic (exact) mass is 1000 g/mol. The molecule has 3 aliphatic carbocycles. The van der Waals surface area contributed by atoms with E-state index >= 15 is 0 Å². The van der Waals surface area contributed by atoms with Gasteiger partial charge in [-0.2, -0.15) is 10.5 Å². The summed E-state index contributed by atoms with van der Waals surface area (Å²) in [5.41, 5.74) is 23.5. The smallest absolute Gasteiger partial charge is 0.159 e. The van der Waals surface area contributed by atoms with Crippen LogP contribution in [-0.4, -0.2) is 0 Å². The van der Waals surface area contributed by atoms with Gasteiger partial charge < -0.3 is 18.6 Å². The van der Waals surface area contributed by atoms with Crippen molar-refractivity contribution in [1.82, 2.24) is 0 Å². The average molecular weight is 1010 g/mol. The molecule has 6 heteroatoms. The van der Waals surface area contributed by atoms with Crippen LogP contribution >= 0.6 is 0 Å². The summed E-state index contributed by atoms with van der Waals surface area (Å²) in [4.78, 5) is 4.58. The van der Waals surface area contributed by atoms with E-state index in [9.17, 15) is 10.5 Å². The van der Waals surface area contributed by atoms with Gasteiger partial charge in [-0.15, -0.1) is 0 Å². The van der Waals surface area contributed by atoms with Crippen molar-refractivity contribution in [3.63, 3.8) is 0 Å². The Morgan fingerprint density at radius 3 is 1.32 bits per heavy atom. The number of furan rings is 2. The number of fused-ring (bicyclic) bond motifs is 20. The van der Waals surface area contributed by atoms with Gasteiger partial charge in [0.1, 0.15) is 11.2 Å². The summed E-state index contributed by atoms with van der Waals surface area (Å²) >= 11 is 0. The number of benzene rings is 12. The fourth-order valence-electron chi connectivity index (χ4n) is 13.8. The molecule has 2 heterocycles. The maximum Gasteiger partial charge on any atom is 0.159 e. The first-order chi connectivity index (χ1) is 39.1. The summed E-state index contributed by atoms with van der Waals surface area (Å²) in [6, 6.07) is 90.8. The lowest BCUT2D eigenvalue weighted by Gasteiger charge is -2.33. The largest absolute Gasteiger partial charge is 0.454 e. The highest BCUT2D eigenvalue weighted by Gasteiger charge is 2.53. The minimum Gasteiger partial charge on any atom is -0.454 e. The zero-order valence-electron chi connectivity index (χ0n) is 42.2. The Labute approximate surface area is 453 Å². The second kappa shape index (κ2) is 16.1. The van der Waals surface area contributed by atoms with E-state index in [0.717, 1.165) is 100 Å². The lowest BCUT2D eigenvalue weighted by Crippen LogP contribution is -2.26. The van der Waals surface area contributed by atoms with Crippen molar-refractivity contribution in [2.24, 2.45) is 0 Å². The molecule has 0 bridgehead atoms. The highest BCUT2D eigenvalue weighted by Crippen LogP contribution is 2.67. The summed E-state index contributed by atoms with van der Waals surface area (Å²) in [5, 5.41) is 26.7. The summed E-state index contributed by atoms with van der Waals surface area (Å²) in [7, 11) is 0. The molecule has 0 fully saturated rings. The van der Waals surface area contributed by atoms with Crippen LogP contribution in [0.25, 0.3) is 99.2 Å². The van der Waals surface area contributed by atoms with Crippen LogP contribution in [-0.2, 0) is 5.41 Å². The van der Waals surface area contributed by atoms with Gasteiger partial charge in [0.05, 0.1) is 40.1 Å². The summed E-state index contributed by atoms with van der Waals surface area (Å²) in [5.74, 6) is 0. The van der Waals surface area contributed by atoms with Crippen molar-refractivity contribution in [2.75, 3.05) is 9.80 Å². The average Bonchev–Trinajstić information content (AvgIpc) is 2.45. The minimum absolute atomic E-state index is 0.584. The van der Waals surface area contributed by atoms with Crippen LogP contribution in [0.4, 0.5) is 34.1 Å². The van der Waals surface area contributed by atoms with Crippen LogP contribution < -0.4 is 9.80 Å². The molecule has 0 atom stereocenters. The quantitative estimate of drug-likeness (QED) is 0.165. The normalized spacial score (nSPS) is 12.9. The molecule has 6 nitrogen and oxygen atoms in total. The molecular weight excluding hydrogens is 965 g/mol. The van der Waals surface area contributed by atoms with E-state index in [1.807, 2.05) is 72.8 Å². The SMILES string of the molecule is N#Cc1ccc(N(c2ccc3c(c2)C2(c4cc(N(c5ccc(C#N)cc5)c5cccc6c5oc5ccccc56)ccc4-3)c3ccccc3-c3c2cc2c4c(cccc34)-c3ccccc3-2)c2cccc3c2oc2ccccc23)cc1. The molecule has 2 aromatic heterocycles. The van der Waals surface area contributed by atoms with E-state index in [-0.39, 0.29) is 0 Å². The molecule has 0 aliphatic heterocycles. The van der Waals surface area contributed by atoms with Gasteiger partial charge in [-0.25, -0.2) is 0 Å². The lowest BCUT2D eigenvalue weighted by molar-refractivity contribution is 0.668. The van der Waals surface area contributed by atoms with Crippen molar-refractivity contribution in [2.45, 2.75) is 5.41 Å². The van der Waals surface area contributed by atoms with Gasteiger partial charge >= 0.3 is 0 Å². The number of anilines is 6. The second-order valence-electron chi connectivity index (χ2n) is 20.9. The number of para-hydroxylation sites is 4. The Morgan fingerprint density at radius 2 is 0.759 bits per heavy atom. The molecule has 14 aromatic rings. The Bertz CT molecular complexity index is 4840. The van der Waals surface area contributed by atoms with Gasteiger partial charge in [0.2, 0.25) is 0 Å². The second-order valence-corrected chi connectivity index (χ2v) is 20.9. The van der Waals surface area contributed by atoms with Crippen LogP contribution in [0.15, 0.2) is 251 Å². The lowest BCUT2D eigenvalue weighted by atomic mass is 9.70. The third-order valence-corrected chi connectivity index (χ3v) is 17.1. The van der Waals surface area contributed by atoms with E-state index in [1.165, 1.54) is 55.3 Å². The van der Waals surface area contributed by atoms with Crippen LogP contribution in [0.3, 0.4) is 0 Å². The molecule has 0 unspecified atom stereocenters. The number of nitriles is 2. The van der Waals surface area contributed by atoms with Crippen molar-refractivity contribution >= 4 is 88.8 Å². The fraction of sp³-hybridized carbons (Fsp3) is 0.0137. The van der Waals surface area contributed by atoms with Crippen molar-refractivity contribution in [3.8, 4) is 56.6 Å². The maximum absolute atomic E-state index is 10.0. The number of nitrogens with zero attached hydrogens (tertiary/aromatic N) is 4. The maximum atomic E-state index is 10.0. The summed E-state index contributed by atoms with van der Waals surface area (Å²) < 4.78 is 13.7. The van der Waals surface area contributed by atoms with Crippen LogP contribution in [0.5, 0.6) is 0 Å². The van der Waals surface area contributed by atoms with E-state index in [2.05, 4.69) is 192 Å². The van der Waals surface area contributed by atoms with Crippen molar-refractivity contribution < 1.29 is 8.83 Å². The van der Waals surface area contributed by atoms with Gasteiger partial charge in [-0.05, 0) is 181 Å². The van der Waals surface area contributed by atoms with Crippen molar-refractivity contribution in [3.05, 3.63) is 276 Å². The summed E-state index contributed by atoms with van der Waals surface area (Å²) in [6.07, 6.45) is 0. The summed E-state index contributed by atoms with van der Waals surface area (Å²) in [6.45, 7) is 0. The predicted molar refractivity (Wildman–Crippen MR) is 318 cm³/mol. The zero-order chi connectivity index (χ0) is 52.1. The van der Waals surface area contributed by atoms with Crippen LogP contribution in [0, 0.1) is 22.7 Å². The molecule has 0 saturated carbocycles. The third-order valence-electron chi connectivity index (χ3n) is 17.1. The topological polar surface area (TPSA) is 80.3 Å². The highest BCUT2D eigenvalue weighted by atomic mass is 16.3. The van der Waals surface area contributed by atoms with Gasteiger partial charge in [0.15, 0.2) is 11.2 Å². The van der Waals surface area contributed by atoms with Crippen molar-refractivity contribution in [1.29, 1.82) is 10.5 Å². The van der Waals surface area contributed by atoms with E-state index in [0.29, 0.717) is 11.1 Å². The number of hydrogen-bond donors (Lipinski definition) is 0. The third kappa shape index (κ3) is 5.81. The zero-order valence-corrected chi connectivity index (χ0v) is 42.2. The molecule has 0 radical (unpaired) electrons. The van der Waals surface area contributed by atoms with Crippen LogP contribution in [0.2, 0.25) is 0 Å². The Kier molecular flexibility index (Phi) is 8.81. The number of rotatable bonds is 6. The Hall–Kier alpha value is -10.9. The molecule has 12 aromatic carbocycles. The highest BCUT2D eigenvalue weighted by molar-refractivity contribution is 6.21. The van der Waals surface area contributed by atoms with Gasteiger partial charge in [-0.3, -0.25) is 0 Å². The Morgan fingerprint density at radius 1 is 0.316 bits per heavy atom. The molecule has 0 amide bonds. The molecule has 3 aliphatic rings. The van der Waals surface area contributed by atoms with Crippen LogP contribution in [0.1, 0.15) is 33.4 Å². The Balaban J connectivity index is 0.978. The standard InChI is InChI=1S/C73H40N4O2/c74-41-43-26-30-45(31-27-43)76(65-22-10-18-56-53-14-4-7-24-67(53)78-71(56)65)47-34-36-51-52-37-35-48(77(46-32-28-44(42-75)29-33-46)66-23-11-19-57-54-15-5-8-25-68(54)79-72(57)66)39-63(52)73(62(51)38-47)61-21-6-3-16-58(61)70-59-20-9-17-55-49-12-1-2-13-50(49)60(69(55)59)40-64(70)73/h1-40H. The predicted octanol–water partition coefficient (Wildman–Crippen LogP) is 19.3. The molecule has 1 spiro atoms. The first-order valence-electron chi connectivity index (χ1n) is 26.6. The number of hydrogen-bond acceptors (Lipinski definition) is 6. The first-order valence-corrected chi connectivity index (χ1v) is 26.6. The minimum atomic E-state index is -0.829. The van der Waals surface area contributed by atoms with Gasteiger partial charge in [0, 0.05) is 44.3 Å². The molecule has 79 heavy (non-hydrogen) atoms. The van der Waals surface area contributed by atoms with E-state index in [1.54, 1.807) is 0 Å². The molecule has 17 rings (SSSR count). The molecular formula is C73H40N4O2. The van der Waals surface area contributed by atoms with E-state index in [4.69, 9.17) is 8.83 Å². The first kappa shape index (κ1) is 43.3. The molecule has 0 N–H and O–H groups in total. The van der Waals surface area contributed by atoms with Gasteiger partial charge in [-0.1, -0.05) is 140 Å².